The molecule has 0 heterocycles. The maximum absolute atomic E-state index is 11.6. The molecule has 1 unspecified atom stereocenters. The molecule has 2 N–H and O–H groups in total. The van der Waals surface area contributed by atoms with Gasteiger partial charge in [0.25, 0.3) is 0 Å². The van der Waals surface area contributed by atoms with Crippen molar-refractivity contribution in [2.24, 2.45) is 5.92 Å². The predicted molar refractivity (Wildman–Crippen MR) is 65.7 cm³/mol. The molecule has 0 aromatic rings. The molecule has 0 radical (unpaired) electrons. The quantitative estimate of drug-likeness (QED) is 0.750. The van der Waals surface area contributed by atoms with Crippen molar-refractivity contribution in [3.8, 4) is 0 Å². The number of aliphatic carboxylic acids is 1. The minimum Gasteiger partial charge on any atom is -0.480 e. The zero-order valence-corrected chi connectivity index (χ0v) is 10.6. The Morgan fingerprint density at radius 1 is 1.29 bits per heavy atom. The second-order valence-corrected chi connectivity index (χ2v) is 4.91. The van der Waals surface area contributed by atoms with Gasteiger partial charge in [-0.15, -0.1) is 0 Å². The summed E-state index contributed by atoms with van der Waals surface area (Å²) in [6.07, 6.45) is 8.13. The van der Waals surface area contributed by atoms with Crippen LogP contribution in [0.1, 0.15) is 58.3 Å². The van der Waals surface area contributed by atoms with Crippen molar-refractivity contribution in [3.05, 3.63) is 0 Å². The zero-order chi connectivity index (χ0) is 12.7. The number of hydrogen-bond donors (Lipinski definition) is 2. The van der Waals surface area contributed by atoms with Crippen molar-refractivity contribution >= 4 is 11.9 Å². The Balaban J connectivity index is 2.21. The van der Waals surface area contributed by atoms with E-state index in [0.717, 1.165) is 6.42 Å². The molecule has 17 heavy (non-hydrogen) atoms. The topological polar surface area (TPSA) is 66.4 Å². The summed E-state index contributed by atoms with van der Waals surface area (Å²) in [6.45, 7) is 1.76. The van der Waals surface area contributed by atoms with Crippen LogP contribution in [0.4, 0.5) is 0 Å². The minimum absolute atomic E-state index is 0.121. The first-order chi connectivity index (χ1) is 8.13. The lowest BCUT2D eigenvalue weighted by Crippen LogP contribution is -2.40. The minimum atomic E-state index is -0.946. The Morgan fingerprint density at radius 2 is 1.94 bits per heavy atom. The molecule has 0 saturated heterocycles. The summed E-state index contributed by atoms with van der Waals surface area (Å²) in [7, 11) is 0. The number of nitrogens with one attached hydrogen (secondary N) is 1. The first-order valence-corrected chi connectivity index (χ1v) is 6.65. The lowest BCUT2D eigenvalue weighted by molar-refractivity contribution is -0.141. The van der Waals surface area contributed by atoms with Crippen LogP contribution in [0.2, 0.25) is 0 Å². The molecular formula is C13H23NO3. The normalized spacial score (nSPS) is 18.6. The van der Waals surface area contributed by atoms with Gasteiger partial charge in [0.1, 0.15) is 6.04 Å². The van der Waals surface area contributed by atoms with E-state index in [4.69, 9.17) is 5.11 Å². The number of rotatable bonds is 6. The fourth-order valence-electron chi connectivity index (χ4n) is 2.42. The molecule has 4 nitrogen and oxygen atoms in total. The van der Waals surface area contributed by atoms with Gasteiger partial charge in [0, 0.05) is 6.42 Å². The third-order valence-corrected chi connectivity index (χ3v) is 3.55. The van der Waals surface area contributed by atoms with Gasteiger partial charge in [-0.3, -0.25) is 4.79 Å². The summed E-state index contributed by atoms with van der Waals surface area (Å²) in [5, 5.41) is 11.4. The van der Waals surface area contributed by atoms with Gasteiger partial charge >= 0.3 is 5.97 Å². The largest absolute Gasteiger partial charge is 0.480 e. The predicted octanol–water partition coefficient (Wildman–Crippen LogP) is 2.33. The first kappa shape index (κ1) is 14.0. The highest BCUT2D eigenvalue weighted by Crippen LogP contribution is 2.27. The number of carbonyl (C=O) groups is 2. The van der Waals surface area contributed by atoms with E-state index >= 15 is 0 Å². The molecule has 0 spiro atoms. The fourth-order valence-corrected chi connectivity index (χ4v) is 2.42. The molecule has 1 aliphatic rings. The highest BCUT2D eigenvalue weighted by Gasteiger charge is 2.19. The molecular weight excluding hydrogens is 218 g/mol. The number of carboxylic acids is 1. The van der Waals surface area contributed by atoms with Crippen molar-refractivity contribution in [3.63, 3.8) is 0 Å². The van der Waals surface area contributed by atoms with Crippen LogP contribution in [0, 0.1) is 5.92 Å². The van der Waals surface area contributed by atoms with Gasteiger partial charge in [0.2, 0.25) is 5.91 Å². The maximum Gasteiger partial charge on any atom is 0.326 e. The maximum atomic E-state index is 11.6. The van der Waals surface area contributed by atoms with Crippen molar-refractivity contribution in [2.45, 2.75) is 64.3 Å². The average Bonchev–Trinajstić information content (AvgIpc) is 2.34. The second-order valence-electron chi connectivity index (χ2n) is 4.91. The lowest BCUT2D eigenvalue weighted by Gasteiger charge is -2.21. The molecule has 1 saturated carbocycles. The number of carboxylic acid groups (broad SMARTS) is 1. The summed E-state index contributed by atoms with van der Waals surface area (Å²) in [4.78, 5) is 22.3. The van der Waals surface area contributed by atoms with Gasteiger partial charge in [-0.05, 0) is 18.8 Å². The summed E-state index contributed by atoms with van der Waals surface area (Å²) in [5.41, 5.74) is 0. The number of hydrogen-bond acceptors (Lipinski definition) is 2. The Hall–Kier alpha value is -1.06. The second kappa shape index (κ2) is 7.30. The molecule has 0 bridgehead atoms. The molecule has 0 aromatic heterocycles. The van der Waals surface area contributed by atoms with Crippen LogP contribution in [-0.2, 0) is 9.59 Å². The SMILES string of the molecule is CCC(NC(=O)CCC1CCCCC1)C(=O)O. The lowest BCUT2D eigenvalue weighted by atomic mass is 9.86. The number of amides is 1. The summed E-state index contributed by atoms with van der Waals surface area (Å²) in [6, 6.07) is -0.728. The molecule has 1 rings (SSSR count). The molecule has 0 aliphatic heterocycles. The van der Waals surface area contributed by atoms with Crippen LogP contribution < -0.4 is 5.32 Å². The van der Waals surface area contributed by atoms with Crippen LogP contribution in [0.5, 0.6) is 0 Å². The van der Waals surface area contributed by atoms with Gasteiger partial charge in [-0.2, -0.15) is 0 Å². The van der Waals surface area contributed by atoms with E-state index in [9.17, 15) is 9.59 Å². The molecule has 1 amide bonds. The Labute approximate surface area is 103 Å². The third kappa shape index (κ3) is 5.20. The summed E-state index contributed by atoms with van der Waals surface area (Å²) in [5.74, 6) is -0.400. The first-order valence-electron chi connectivity index (χ1n) is 6.65. The Kier molecular flexibility index (Phi) is 6.01. The van der Waals surface area contributed by atoms with Gasteiger partial charge in [0.05, 0.1) is 0 Å². The Morgan fingerprint density at radius 3 is 2.47 bits per heavy atom. The molecule has 1 atom stereocenters. The van der Waals surface area contributed by atoms with Crippen molar-refractivity contribution in [1.82, 2.24) is 5.32 Å². The van der Waals surface area contributed by atoms with E-state index in [1.807, 2.05) is 0 Å². The highest BCUT2D eigenvalue weighted by molar-refractivity contribution is 5.83. The monoisotopic (exact) mass is 241 g/mol. The van der Waals surface area contributed by atoms with Crippen LogP contribution >= 0.6 is 0 Å². The number of carbonyl (C=O) groups excluding carboxylic acids is 1. The van der Waals surface area contributed by atoms with E-state index in [0.29, 0.717) is 18.8 Å². The van der Waals surface area contributed by atoms with E-state index in [2.05, 4.69) is 5.32 Å². The van der Waals surface area contributed by atoms with E-state index in [1.165, 1.54) is 32.1 Å². The van der Waals surface area contributed by atoms with Crippen LogP contribution in [0.15, 0.2) is 0 Å². The molecule has 1 aliphatic carbocycles. The van der Waals surface area contributed by atoms with E-state index in [1.54, 1.807) is 6.92 Å². The van der Waals surface area contributed by atoms with Crippen molar-refractivity contribution in [2.75, 3.05) is 0 Å². The van der Waals surface area contributed by atoms with Gasteiger partial charge in [0.15, 0.2) is 0 Å². The van der Waals surface area contributed by atoms with Gasteiger partial charge < -0.3 is 10.4 Å². The molecule has 4 heteroatoms. The standard InChI is InChI=1S/C13H23NO3/c1-2-11(13(16)17)14-12(15)9-8-10-6-4-3-5-7-10/h10-11H,2-9H2,1H3,(H,14,15)(H,16,17). The van der Waals surface area contributed by atoms with Crippen molar-refractivity contribution < 1.29 is 14.7 Å². The zero-order valence-electron chi connectivity index (χ0n) is 10.6. The highest BCUT2D eigenvalue weighted by atomic mass is 16.4. The van der Waals surface area contributed by atoms with Crippen LogP contribution in [-0.4, -0.2) is 23.0 Å². The summed E-state index contributed by atoms with van der Waals surface area (Å²) < 4.78 is 0. The van der Waals surface area contributed by atoms with E-state index in [-0.39, 0.29) is 5.91 Å². The molecule has 98 valence electrons. The molecule has 1 fully saturated rings. The van der Waals surface area contributed by atoms with Crippen LogP contribution in [0.25, 0.3) is 0 Å². The fraction of sp³-hybridized carbons (Fsp3) is 0.846. The van der Waals surface area contributed by atoms with E-state index < -0.39 is 12.0 Å². The Bertz CT molecular complexity index is 259. The third-order valence-electron chi connectivity index (χ3n) is 3.55. The average molecular weight is 241 g/mol. The smallest absolute Gasteiger partial charge is 0.326 e. The van der Waals surface area contributed by atoms with Crippen molar-refractivity contribution in [1.29, 1.82) is 0 Å². The van der Waals surface area contributed by atoms with Crippen LogP contribution in [0.3, 0.4) is 0 Å². The van der Waals surface area contributed by atoms with Gasteiger partial charge in [-0.25, -0.2) is 4.79 Å². The molecule has 0 aromatic carbocycles. The summed E-state index contributed by atoms with van der Waals surface area (Å²) >= 11 is 0. The van der Waals surface area contributed by atoms with Gasteiger partial charge in [-0.1, -0.05) is 39.0 Å².